The van der Waals surface area contributed by atoms with Gasteiger partial charge in [0.25, 0.3) is 0 Å². The van der Waals surface area contributed by atoms with Crippen LogP contribution in [0.15, 0.2) is 24.3 Å². The lowest BCUT2D eigenvalue weighted by Gasteiger charge is -2.57. The average Bonchev–Trinajstić information content (AvgIpc) is 2.51. The second-order valence-corrected chi connectivity index (χ2v) is 6.84. The van der Waals surface area contributed by atoms with Crippen molar-refractivity contribution in [2.45, 2.75) is 38.8 Å². The molecular formula is C17H26Cl2N2O3. The first kappa shape index (κ1) is 21.0. The summed E-state index contributed by atoms with van der Waals surface area (Å²) in [4.78, 5) is 12.4. The van der Waals surface area contributed by atoms with E-state index in [0.717, 1.165) is 0 Å². The molecule has 7 heteroatoms. The Hall–Kier alpha value is -1.01. The molecule has 3 N–H and O–H groups in total. The first-order valence-electron chi connectivity index (χ1n) is 7.88. The highest BCUT2D eigenvalue weighted by molar-refractivity contribution is 6.30. The van der Waals surface area contributed by atoms with Gasteiger partial charge in [-0.3, -0.25) is 4.79 Å². The van der Waals surface area contributed by atoms with Gasteiger partial charge >= 0.3 is 0 Å². The molecule has 0 radical (unpaired) electrons. The Kier molecular flexibility index (Phi) is 7.35. The van der Waals surface area contributed by atoms with Gasteiger partial charge in [-0.15, -0.1) is 12.4 Å². The van der Waals surface area contributed by atoms with E-state index in [1.165, 1.54) is 0 Å². The van der Waals surface area contributed by atoms with E-state index in [9.17, 15) is 4.79 Å². The Morgan fingerprint density at radius 1 is 1.46 bits per heavy atom. The number of carbonyl (C=O) groups excluding carboxylic acids is 1. The van der Waals surface area contributed by atoms with Gasteiger partial charge in [-0.05, 0) is 25.1 Å². The molecule has 24 heavy (non-hydrogen) atoms. The molecule has 1 aliphatic carbocycles. The molecule has 0 aliphatic heterocycles. The van der Waals surface area contributed by atoms with Crippen LogP contribution in [-0.2, 0) is 9.53 Å². The highest BCUT2D eigenvalue weighted by Gasteiger charge is 2.62. The van der Waals surface area contributed by atoms with E-state index in [4.69, 9.17) is 26.8 Å². The zero-order valence-electron chi connectivity index (χ0n) is 14.3. The Labute approximate surface area is 154 Å². The standard InChI is InChI=1S/C17H25ClN2O3.ClH/c1-4-22-14-11-17(19,16(14,2)3)15(21)20-8-9-23-13-7-5-6-12(18)10-13;/h5-7,10,14H,4,8-9,11,19H2,1-3H3,(H,20,21);1H. The van der Waals surface area contributed by atoms with E-state index in [-0.39, 0.29) is 29.8 Å². The zero-order valence-corrected chi connectivity index (χ0v) is 15.9. The van der Waals surface area contributed by atoms with Crippen molar-refractivity contribution in [1.82, 2.24) is 5.32 Å². The van der Waals surface area contributed by atoms with Crippen LogP contribution in [0.4, 0.5) is 0 Å². The quantitative estimate of drug-likeness (QED) is 0.717. The summed E-state index contributed by atoms with van der Waals surface area (Å²) >= 11 is 5.89. The van der Waals surface area contributed by atoms with E-state index in [1.54, 1.807) is 12.1 Å². The largest absolute Gasteiger partial charge is 0.492 e. The Morgan fingerprint density at radius 3 is 2.75 bits per heavy atom. The summed E-state index contributed by atoms with van der Waals surface area (Å²) in [5, 5.41) is 3.47. The minimum Gasteiger partial charge on any atom is -0.492 e. The summed E-state index contributed by atoms with van der Waals surface area (Å²) in [6.45, 7) is 7.26. The van der Waals surface area contributed by atoms with Crippen molar-refractivity contribution < 1.29 is 14.3 Å². The van der Waals surface area contributed by atoms with E-state index in [1.807, 2.05) is 32.9 Å². The van der Waals surface area contributed by atoms with Crippen LogP contribution in [0, 0.1) is 5.41 Å². The molecule has 1 aromatic rings. The fraction of sp³-hybridized carbons (Fsp3) is 0.588. The average molecular weight is 377 g/mol. The normalized spacial score (nSPS) is 24.5. The fourth-order valence-corrected chi connectivity index (χ4v) is 3.05. The van der Waals surface area contributed by atoms with Crippen molar-refractivity contribution in [3.05, 3.63) is 29.3 Å². The smallest absolute Gasteiger partial charge is 0.240 e. The molecule has 1 fully saturated rings. The molecule has 0 bridgehead atoms. The van der Waals surface area contributed by atoms with Gasteiger partial charge in [0.05, 0.1) is 12.6 Å². The SMILES string of the molecule is CCOC1CC(N)(C(=O)NCCOc2cccc(Cl)c2)C1(C)C.Cl. The molecule has 0 spiro atoms. The maximum absolute atomic E-state index is 12.4. The van der Waals surface area contributed by atoms with Crippen LogP contribution >= 0.6 is 24.0 Å². The van der Waals surface area contributed by atoms with Crippen molar-refractivity contribution in [3.63, 3.8) is 0 Å². The summed E-state index contributed by atoms with van der Waals surface area (Å²) in [5.41, 5.74) is 5.02. The maximum Gasteiger partial charge on any atom is 0.240 e. The molecule has 2 atom stereocenters. The third kappa shape index (κ3) is 4.14. The zero-order chi connectivity index (χ0) is 17.1. The molecule has 2 rings (SSSR count). The van der Waals surface area contributed by atoms with Gasteiger partial charge < -0.3 is 20.5 Å². The summed E-state index contributed by atoms with van der Waals surface area (Å²) in [7, 11) is 0. The number of benzene rings is 1. The predicted octanol–water partition coefficient (Wildman–Crippen LogP) is 2.79. The lowest BCUT2D eigenvalue weighted by atomic mass is 9.54. The summed E-state index contributed by atoms with van der Waals surface area (Å²) in [6.07, 6.45) is 0.556. The monoisotopic (exact) mass is 376 g/mol. The van der Waals surface area contributed by atoms with Crippen LogP contribution in [0.3, 0.4) is 0 Å². The highest BCUT2D eigenvalue weighted by atomic mass is 35.5. The topological polar surface area (TPSA) is 73.6 Å². The van der Waals surface area contributed by atoms with Crippen molar-refractivity contribution in [2.24, 2.45) is 11.1 Å². The molecule has 0 heterocycles. The number of carbonyl (C=O) groups is 1. The number of rotatable bonds is 7. The third-order valence-electron chi connectivity index (χ3n) is 4.69. The van der Waals surface area contributed by atoms with Crippen molar-refractivity contribution >= 4 is 29.9 Å². The molecule has 136 valence electrons. The summed E-state index contributed by atoms with van der Waals surface area (Å²) in [6, 6.07) is 7.15. The van der Waals surface area contributed by atoms with Gasteiger partial charge in [0.2, 0.25) is 5.91 Å². The summed E-state index contributed by atoms with van der Waals surface area (Å²) < 4.78 is 11.2. The fourth-order valence-electron chi connectivity index (χ4n) is 2.87. The van der Waals surface area contributed by atoms with Gasteiger partial charge in [-0.25, -0.2) is 0 Å². The predicted molar refractivity (Wildman–Crippen MR) is 97.9 cm³/mol. The molecule has 1 amide bonds. The van der Waals surface area contributed by atoms with Crippen LogP contribution < -0.4 is 15.8 Å². The minimum absolute atomic E-state index is 0. The maximum atomic E-state index is 12.4. The highest BCUT2D eigenvalue weighted by Crippen LogP contribution is 2.49. The lowest BCUT2D eigenvalue weighted by Crippen LogP contribution is -2.75. The third-order valence-corrected chi connectivity index (χ3v) is 4.92. The molecule has 1 saturated carbocycles. The Morgan fingerprint density at radius 2 is 2.17 bits per heavy atom. The Balaban J connectivity index is 0.00000288. The molecule has 0 saturated heterocycles. The first-order valence-corrected chi connectivity index (χ1v) is 8.26. The molecule has 1 aliphatic rings. The number of halogens is 2. The lowest BCUT2D eigenvalue weighted by molar-refractivity contribution is -0.170. The van der Waals surface area contributed by atoms with Crippen molar-refractivity contribution in [1.29, 1.82) is 0 Å². The van der Waals surface area contributed by atoms with Gasteiger partial charge in [-0.1, -0.05) is 31.5 Å². The van der Waals surface area contributed by atoms with Gasteiger partial charge in [0, 0.05) is 23.5 Å². The van der Waals surface area contributed by atoms with Crippen LogP contribution in [0.5, 0.6) is 5.75 Å². The molecule has 2 unspecified atom stereocenters. The molecular weight excluding hydrogens is 351 g/mol. The van der Waals surface area contributed by atoms with Gasteiger partial charge in [0.15, 0.2) is 0 Å². The number of ether oxygens (including phenoxy) is 2. The molecule has 1 aromatic carbocycles. The second kappa shape index (κ2) is 8.39. The van der Waals surface area contributed by atoms with E-state index < -0.39 is 5.54 Å². The van der Waals surface area contributed by atoms with Crippen LogP contribution in [0.2, 0.25) is 5.02 Å². The summed E-state index contributed by atoms with van der Waals surface area (Å²) in [5.74, 6) is 0.516. The van der Waals surface area contributed by atoms with Crippen LogP contribution in [0.1, 0.15) is 27.2 Å². The number of amides is 1. The van der Waals surface area contributed by atoms with Gasteiger partial charge in [0.1, 0.15) is 17.9 Å². The van der Waals surface area contributed by atoms with Crippen LogP contribution in [-0.4, -0.2) is 37.3 Å². The molecule has 0 aromatic heterocycles. The minimum atomic E-state index is -0.900. The van der Waals surface area contributed by atoms with E-state index in [0.29, 0.717) is 37.0 Å². The second-order valence-electron chi connectivity index (χ2n) is 6.40. The molecule has 5 nitrogen and oxygen atoms in total. The van der Waals surface area contributed by atoms with E-state index in [2.05, 4.69) is 5.32 Å². The van der Waals surface area contributed by atoms with Gasteiger partial charge in [-0.2, -0.15) is 0 Å². The van der Waals surface area contributed by atoms with Crippen molar-refractivity contribution in [2.75, 3.05) is 19.8 Å². The number of nitrogens with one attached hydrogen (secondary N) is 1. The number of hydrogen-bond donors (Lipinski definition) is 2. The number of hydrogen-bond acceptors (Lipinski definition) is 4. The Bertz CT molecular complexity index is 569. The number of nitrogens with two attached hydrogens (primary N) is 1. The van der Waals surface area contributed by atoms with E-state index >= 15 is 0 Å². The van der Waals surface area contributed by atoms with Crippen LogP contribution in [0.25, 0.3) is 0 Å². The van der Waals surface area contributed by atoms with Crippen molar-refractivity contribution in [3.8, 4) is 5.75 Å². The first-order chi connectivity index (χ1) is 10.8.